The van der Waals surface area contributed by atoms with Crippen molar-refractivity contribution in [3.05, 3.63) is 0 Å². The molecule has 2 rings (SSSR count). The standard InChI is InChI=1S/C24H42O6/c1-15(2)17-7-11-23(5,12-8-17)29-21(27)19(25)20(26)22(28)30-24(6)13-9-18(10-14-24)16(3)4/h15-20,25-26H,7-14H2,1-6H3/t17?,18?,19-,20?,23?,24?/m0/s1. The molecule has 2 N–H and O–H groups in total. The molecular formula is C24H42O6. The highest BCUT2D eigenvalue weighted by molar-refractivity contribution is 5.85. The number of esters is 2. The van der Waals surface area contributed by atoms with Crippen molar-refractivity contribution in [3.63, 3.8) is 0 Å². The second-order valence-corrected chi connectivity index (χ2v) is 10.8. The summed E-state index contributed by atoms with van der Waals surface area (Å²) in [6.07, 6.45) is 2.80. The Labute approximate surface area is 181 Å². The molecule has 30 heavy (non-hydrogen) atoms. The van der Waals surface area contributed by atoms with Crippen molar-refractivity contribution in [3.8, 4) is 0 Å². The van der Waals surface area contributed by atoms with E-state index in [0.717, 1.165) is 25.7 Å². The van der Waals surface area contributed by atoms with E-state index in [1.54, 1.807) is 0 Å². The quantitative estimate of drug-likeness (QED) is 0.598. The van der Waals surface area contributed by atoms with Crippen LogP contribution in [-0.2, 0) is 19.1 Å². The number of aliphatic hydroxyl groups is 2. The van der Waals surface area contributed by atoms with E-state index in [-0.39, 0.29) is 0 Å². The summed E-state index contributed by atoms with van der Waals surface area (Å²) in [5.74, 6) is 0.466. The Morgan fingerprint density at radius 2 is 0.967 bits per heavy atom. The number of aliphatic hydroxyl groups excluding tert-OH is 2. The van der Waals surface area contributed by atoms with Gasteiger partial charge in [-0.1, -0.05) is 27.7 Å². The minimum atomic E-state index is -1.94. The van der Waals surface area contributed by atoms with Crippen LogP contribution in [0.15, 0.2) is 0 Å². The normalized spacial score (nSPS) is 34.5. The van der Waals surface area contributed by atoms with Gasteiger partial charge >= 0.3 is 11.9 Å². The van der Waals surface area contributed by atoms with Crippen molar-refractivity contribution in [2.75, 3.05) is 0 Å². The van der Waals surface area contributed by atoms with Gasteiger partial charge in [0.05, 0.1) is 0 Å². The van der Waals surface area contributed by atoms with Crippen LogP contribution in [0.3, 0.4) is 0 Å². The van der Waals surface area contributed by atoms with Gasteiger partial charge in [-0.05, 0) is 88.9 Å². The fourth-order valence-electron chi connectivity index (χ4n) is 4.90. The van der Waals surface area contributed by atoms with E-state index >= 15 is 0 Å². The van der Waals surface area contributed by atoms with Gasteiger partial charge in [0, 0.05) is 0 Å². The lowest BCUT2D eigenvalue weighted by Gasteiger charge is -2.39. The van der Waals surface area contributed by atoms with Crippen LogP contribution in [0.2, 0.25) is 0 Å². The smallest absolute Gasteiger partial charge is 0.338 e. The molecule has 6 heteroatoms. The van der Waals surface area contributed by atoms with Gasteiger partial charge in [0.25, 0.3) is 0 Å². The molecular weight excluding hydrogens is 384 g/mol. The third-order valence-electron chi connectivity index (χ3n) is 7.54. The second-order valence-electron chi connectivity index (χ2n) is 10.8. The predicted octanol–water partition coefficient (Wildman–Crippen LogP) is 4.00. The van der Waals surface area contributed by atoms with Crippen molar-refractivity contribution < 1.29 is 29.3 Å². The zero-order chi connectivity index (χ0) is 22.7. The minimum Gasteiger partial charge on any atom is -0.457 e. The van der Waals surface area contributed by atoms with E-state index in [2.05, 4.69) is 27.7 Å². The molecule has 0 aromatic heterocycles. The summed E-state index contributed by atoms with van der Waals surface area (Å²) in [4.78, 5) is 24.9. The van der Waals surface area contributed by atoms with Crippen molar-refractivity contribution in [2.45, 2.75) is 116 Å². The molecule has 0 radical (unpaired) electrons. The highest BCUT2D eigenvalue weighted by Gasteiger charge is 2.42. The van der Waals surface area contributed by atoms with Crippen LogP contribution in [0, 0.1) is 23.7 Å². The van der Waals surface area contributed by atoms with Crippen LogP contribution in [-0.4, -0.2) is 45.6 Å². The highest BCUT2D eigenvalue weighted by atomic mass is 16.6. The first-order valence-corrected chi connectivity index (χ1v) is 11.7. The minimum absolute atomic E-state index is 0.587. The van der Waals surface area contributed by atoms with Crippen LogP contribution < -0.4 is 0 Å². The molecule has 2 aliphatic carbocycles. The van der Waals surface area contributed by atoms with Gasteiger partial charge in [-0.3, -0.25) is 0 Å². The molecule has 1 unspecified atom stereocenters. The van der Waals surface area contributed by atoms with Gasteiger partial charge in [0.2, 0.25) is 0 Å². The Kier molecular flexibility index (Phi) is 8.36. The van der Waals surface area contributed by atoms with Crippen LogP contribution in [0.25, 0.3) is 0 Å². The lowest BCUT2D eigenvalue weighted by molar-refractivity contribution is -0.192. The molecule has 0 bridgehead atoms. The summed E-state index contributed by atoms with van der Waals surface area (Å²) < 4.78 is 11.1. The number of carbonyl (C=O) groups excluding carboxylic acids is 2. The molecule has 0 saturated heterocycles. The highest BCUT2D eigenvalue weighted by Crippen LogP contribution is 2.39. The van der Waals surface area contributed by atoms with E-state index in [0.29, 0.717) is 49.4 Å². The lowest BCUT2D eigenvalue weighted by atomic mass is 9.75. The third kappa shape index (κ3) is 6.43. The maximum atomic E-state index is 12.4. The van der Waals surface area contributed by atoms with E-state index in [9.17, 15) is 19.8 Å². The molecule has 0 spiro atoms. The molecule has 6 nitrogen and oxygen atoms in total. The number of rotatable bonds is 7. The number of hydrogen-bond donors (Lipinski definition) is 2. The number of hydrogen-bond acceptors (Lipinski definition) is 6. The van der Waals surface area contributed by atoms with E-state index in [1.807, 2.05) is 13.8 Å². The number of carbonyl (C=O) groups is 2. The maximum Gasteiger partial charge on any atom is 0.338 e. The van der Waals surface area contributed by atoms with Crippen LogP contribution in [0.5, 0.6) is 0 Å². The van der Waals surface area contributed by atoms with Gasteiger partial charge in [0.15, 0.2) is 12.2 Å². The molecule has 0 aromatic rings. The monoisotopic (exact) mass is 426 g/mol. The molecule has 0 heterocycles. The Bertz CT molecular complexity index is 531. The average Bonchev–Trinajstić information content (AvgIpc) is 2.66. The molecule has 2 atom stereocenters. The van der Waals surface area contributed by atoms with E-state index in [4.69, 9.17) is 9.47 Å². The van der Waals surface area contributed by atoms with Crippen LogP contribution >= 0.6 is 0 Å². The topological polar surface area (TPSA) is 93.1 Å². The molecule has 2 saturated carbocycles. The Morgan fingerprint density at radius 1 is 0.700 bits per heavy atom. The molecule has 174 valence electrons. The van der Waals surface area contributed by atoms with Gasteiger partial charge < -0.3 is 19.7 Å². The summed E-state index contributed by atoms with van der Waals surface area (Å²) in [5.41, 5.74) is -1.34. The maximum absolute atomic E-state index is 12.4. The Balaban J connectivity index is 1.86. The van der Waals surface area contributed by atoms with Crippen LogP contribution in [0.4, 0.5) is 0 Å². The van der Waals surface area contributed by atoms with Crippen molar-refractivity contribution in [1.29, 1.82) is 0 Å². The zero-order valence-corrected chi connectivity index (χ0v) is 19.6. The largest absolute Gasteiger partial charge is 0.457 e. The summed E-state index contributed by atoms with van der Waals surface area (Å²) in [5, 5.41) is 20.5. The van der Waals surface area contributed by atoms with Gasteiger partial charge in [-0.15, -0.1) is 0 Å². The van der Waals surface area contributed by atoms with Crippen molar-refractivity contribution in [1.82, 2.24) is 0 Å². The summed E-state index contributed by atoms with van der Waals surface area (Å²) >= 11 is 0. The lowest BCUT2D eigenvalue weighted by Crippen LogP contribution is -2.48. The predicted molar refractivity (Wildman–Crippen MR) is 115 cm³/mol. The van der Waals surface area contributed by atoms with Gasteiger partial charge in [0.1, 0.15) is 11.2 Å². The van der Waals surface area contributed by atoms with Gasteiger partial charge in [-0.2, -0.15) is 0 Å². The third-order valence-corrected chi connectivity index (χ3v) is 7.54. The van der Waals surface area contributed by atoms with Gasteiger partial charge in [-0.25, -0.2) is 9.59 Å². The van der Waals surface area contributed by atoms with Crippen molar-refractivity contribution in [2.24, 2.45) is 23.7 Å². The fourth-order valence-corrected chi connectivity index (χ4v) is 4.90. The van der Waals surface area contributed by atoms with E-state index < -0.39 is 35.3 Å². The summed E-state index contributed by atoms with van der Waals surface area (Å²) in [6.45, 7) is 12.5. The molecule has 2 aliphatic rings. The molecule has 0 aliphatic heterocycles. The fraction of sp³-hybridized carbons (Fsp3) is 0.917. The average molecular weight is 427 g/mol. The molecule has 0 aromatic carbocycles. The SMILES string of the molecule is CC(C)C1CCC(C)(OC(=O)C(O)[C@H](O)C(=O)OC2(C)CCC(C(C)C)CC2)CC1. The van der Waals surface area contributed by atoms with Crippen LogP contribution in [0.1, 0.15) is 92.9 Å². The first kappa shape index (κ1) is 25.1. The summed E-state index contributed by atoms with van der Waals surface area (Å²) in [7, 11) is 0. The molecule has 0 amide bonds. The Hall–Kier alpha value is -1.14. The molecule has 2 fully saturated rings. The van der Waals surface area contributed by atoms with E-state index in [1.165, 1.54) is 0 Å². The Morgan fingerprint density at radius 3 is 1.20 bits per heavy atom. The first-order valence-electron chi connectivity index (χ1n) is 11.7. The summed E-state index contributed by atoms with van der Waals surface area (Å²) in [6, 6.07) is 0. The number of ether oxygens (including phenoxy) is 2. The van der Waals surface area contributed by atoms with Crippen molar-refractivity contribution >= 4 is 11.9 Å². The first-order chi connectivity index (χ1) is 13.9. The zero-order valence-electron chi connectivity index (χ0n) is 19.6. The second kappa shape index (κ2) is 9.99.